The van der Waals surface area contributed by atoms with Crippen LogP contribution in [0.15, 0.2) is 45.8 Å². The van der Waals surface area contributed by atoms with Crippen molar-refractivity contribution < 1.29 is 27.3 Å². The van der Waals surface area contributed by atoms with Gasteiger partial charge >= 0.3 is 5.97 Å². The van der Waals surface area contributed by atoms with E-state index < -0.39 is 22.6 Å². The molecule has 31 heavy (non-hydrogen) atoms. The standard InChI is InChI=1S/C21H23N3O6S/c1-13-9-18(15(3)24(13)20-10-14(2)30-22-20)19(25)12-29-21(26)16-7-6-8-17(11-16)31(27,28)23(4)5/h6-11H,12H2,1-5H3. The van der Waals surface area contributed by atoms with E-state index in [0.29, 0.717) is 22.8 Å². The quantitative estimate of drug-likeness (QED) is 0.406. The van der Waals surface area contributed by atoms with Crippen LogP contribution in [0.2, 0.25) is 0 Å². The molecule has 10 heteroatoms. The average Bonchev–Trinajstić information content (AvgIpc) is 3.27. The lowest BCUT2D eigenvalue weighted by molar-refractivity contribution is 0.0474. The maximum Gasteiger partial charge on any atom is 0.338 e. The molecule has 0 spiro atoms. The van der Waals surface area contributed by atoms with Crippen molar-refractivity contribution in [2.75, 3.05) is 20.7 Å². The van der Waals surface area contributed by atoms with E-state index in [2.05, 4.69) is 5.16 Å². The molecular weight excluding hydrogens is 422 g/mol. The molecule has 0 aliphatic heterocycles. The van der Waals surface area contributed by atoms with Crippen molar-refractivity contribution in [1.82, 2.24) is 14.0 Å². The number of esters is 1. The first-order valence-electron chi connectivity index (χ1n) is 9.38. The lowest BCUT2D eigenvalue weighted by Gasteiger charge is -2.12. The summed E-state index contributed by atoms with van der Waals surface area (Å²) in [6.45, 7) is 4.89. The molecule has 0 aliphatic rings. The Kier molecular flexibility index (Phi) is 6.14. The maximum atomic E-state index is 12.7. The third-order valence-electron chi connectivity index (χ3n) is 4.76. The lowest BCUT2D eigenvalue weighted by Crippen LogP contribution is -2.22. The molecule has 164 valence electrons. The molecule has 3 rings (SSSR count). The van der Waals surface area contributed by atoms with E-state index in [1.807, 2.05) is 6.92 Å². The number of sulfonamides is 1. The van der Waals surface area contributed by atoms with Crippen LogP contribution in [0.4, 0.5) is 0 Å². The number of carbonyl (C=O) groups is 2. The number of aromatic nitrogens is 2. The summed E-state index contributed by atoms with van der Waals surface area (Å²) >= 11 is 0. The van der Waals surface area contributed by atoms with Crippen LogP contribution in [0.25, 0.3) is 5.82 Å². The molecule has 0 bridgehead atoms. The maximum absolute atomic E-state index is 12.7. The van der Waals surface area contributed by atoms with Crippen LogP contribution in [0.5, 0.6) is 0 Å². The van der Waals surface area contributed by atoms with Gasteiger partial charge in [-0.25, -0.2) is 17.5 Å². The van der Waals surface area contributed by atoms with Gasteiger partial charge in [0.1, 0.15) is 5.76 Å². The molecule has 0 unspecified atom stereocenters. The second-order valence-corrected chi connectivity index (χ2v) is 9.38. The summed E-state index contributed by atoms with van der Waals surface area (Å²) in [6.07, 6.45) is 0. The third kappa shape index (κ3) is 4.44. The summed E-state index contributed by atoms with van der Waals surface area (Å²) in [7, 11) is -0.900. The van der Waals surface area contributed by atoms with Crippen LogP contribution < -0.4 is 0 Å². The molecule has 9 nitrogen and oxygen atoms in total. The fourth-order valence-corrected chi connectivity index (χ4v) is 4.09. The van der Waals surface area contributed by atoms with E-state index in [4.69, 9.17) is 9.26 Å². The number of ketones is 1. The first kappa shape index (κ1) is 22.4. The van der Waals surface area contributed by atoms with Crippen molar-refractivity contribution in [3.05, 3.63) is 64.7 Å². The number of nitrogens with zero attached hydrogens (tertiary/aromatic N) is 3. The van der Waals surface area contributed by atoms with Gasteiger partial charge in [-0.15, -0.1) is 0 Å². The summed E-state index contributed by atoms with van der Waals surface area (Å²) in [5.41, 5.74) is 1.86. The topological polar surface area (TPSA) is 112 Å². The number of ether oxygens (including phenoxy) is 1. The summed E-state index contributed by atoms with van der Waals surface area (Å²) in [4.78, 5) is 25.0. The summed E-state index contributed by atoms with van der Waals surface area (Å²) in [5, 5.41) is 3.97. The molecule has 1 aromatic carbocycles. The second kappa shape index (κ2) is 8.48. The highest BCUT2D eigenvalue weighted by Gasteiger charge is 2.22. The molecular formula is C21H23N3O6S. The van der Waals surface area contributed by atoms with Crippen molar-refractivity contribution in [3.63, 3.8) is 0 Å². The van der Waals surface area contributed by atoms with Crippen molar-refractivity contribution in [2.45, 2.75) is 25.7 Å². The van der Waals surface area contributed by atoms with E-state index in [-0.39, 0.29) is 16.2 Å². The highest BCUT2D eigenvalue weighted by molar-refractivity contribution is 7.89. The Morgan fingerprint density at radius 3 is 2.45 bits per heavy atom. The molecule has 0 N–H and O–H groups in total. The van der Waals surface area contributed by atoms with Gasteiger partial charge in [0.15, 0.2) is 12.4 Å². The first-order valence-corrected chi connectivity index (χ1v) is 10.8. The van der Waals surface area contributed by atoms with Gasteiger partial charge in [-0.2, -0.15) is 0 Å². The third-order valence-corrected chi connectivity index (χ3v) is 6.57. The van der Waals surface area contributed by atoms with Gasteiger partial charge < -0.3 is 9.26 Å². The predicted octanol–water partition coefficient (Wildman–Crippen LogP) is 2.68. The number of Topliss-reactive ketones (excluding diaryl/α,β-unsaturated/α-hetero) is 1. The molecule has 3 aromatic rings. The van der Waals surface area contributed by atoms with Crippen molar-refractivity contribution in [1.29, 1.82) is 0 Å². The van der Waals surface area contributed by atoms with Gasteiger partial charge in [-0.1, -0.05) is 11.2 Å². The van der Waals surface area contributed by atoms with E-state index >= 15 is 0 Å². The zero-order valence-electron chi connectivity index (χ0n) is 17.9. The minimum Gasteiger partial charge on any atom is -0.454 e. The highest BCUT2D eigenvalue weighted by Crippen LogP contribution is 2.21. The Bertz CT molecular complexity index is 1250. The summed E-state index contributed by atoms with van der Waals surface area (Å²) in [6, 6.07) is 8.93. The number of hydrogen-bond donors (Lipinski definition) is 0. The Hall–Kier alpha value is -3.24. The molecule has 0 amide bonds. The van der Waals surface area contributed by atoms with Gasteiger partial charge in [0.25, 0.3) is 0 Å². The molecule has 2 heterocycles. The van der Waals surface area contributed by atoms with Crippen LogP contribution in [0.1, 0.15) is 37.9 Å². The molecule has 0 fully saturated rings. The van der Waals surface area contributed by atoms with Gasteiger partial charge in [-0.05, 0) is 45.0 Å². The molecule has 0 saturated carbocycles. The highest BCUT2D eigenvalue weighted by atomic mass is 32.2. The van der Waals surface area contributed by atoms with Gasteiger partial charge in [-0.3, -0.25) is 9.36 Å². The number of benzene rings is 1. The Labute approximate surface area is 180 Å². The molecule has 0 atom stereocenters. The minimum absolute atomic E-state index is 0.0373. The van der Waals surface area contributed by atoms with Gasteiger partial charge in [0.2, 0.25) is 15.8 Å². The summed E-state index contributed by atoms with van der Waals surface area (Å²) < 4.78 is 37.6. The minimum atomic E-state index is -3.70. The van der Waals surface area contributed by atoms with E-state index in [9.17, 15) is 18.0 Å². The van der Waals surface area contributed by atoms with Crippen molar-refractivity contribution in [2.24, 2.45) is 0 Å². The van der Waals surface area contributed by atoms with E-state index in [0.717, 1.165) is 10.00 Å². The van der Waals surface area contributed by atoms with Gasteiger partial charge in [0, 0.05) is 37.1 Å². The summed E-state index contributed by atoms with van der Waals surface area (Å²) in [5.74, 6) is 0.0281. The Morgan fingerprint density at radius 1 is 1.13 bits per heavy atom. The largest absolute Gasteiger partial charge is 0.454 e. The van der Waals surface area contributed by atoms with Crippen LogP contribution in [-0.2, 0) is 14.8 Å². The van der Waals surface area contributed by atoms with Crippen LogP contribution in [0, 0.1) is 20.8 Å². The van der Waals surface area contributed by atoms with Crippen molar-refractivity contribution in [3.8, 4) is 5.82 Å². The predicted molar refractivity (Wildman–Crippen MR) is 112 cm³/mol. The SMILES string of the molecule is Cc1cc(-n2c(C)cc(C(=O)COC(=O)c3cccc(S(=O)(=O)N(C)C)c3)c2C)no1. The van der Waals surface area contributed by atoms with Crippen LogP contribution in [0.3, 0.4) is 0 Å². The zero-order chi connectivity index (χ0) is 22.9. The van der Waals surface area contributed by atoms with Gasteiger partial charge in [0.05, 0.1) is 10.5 Å². The lowest BCUT2D eigenvalue weighted by atomic mass is 10.1. The van der Waals surface area contributed by atoms with Crippen LogP contribution in [-0.4, -0.2) is 54.9 Å². The molecule has 0 aliphatic carbocycles. The second-order valence-electron chi connectivity index (χ2n) is 7.23. The van der Waals surface area contributed by atoms with E-state index in [1.165, 1.54) is 38.4 Å². The monoisotopic (exact) mass is 445 g/mol. The zero-order valence-corrected chi connectivity index (χ0v) is 18.7. The average molecular weight is 445 g/mol. The number of rotatable bonds is 7. The Morgan fingerprint density at radius 2 is 1.84 bits per heavy atom. The van der Waals surface area contributed by atoms with Crippen LogP contribution >= 0.6 is 0 Å². The van der Waals surface area contributed by atoms with Crippen molar-refractivity contribution >= 4 is 21.8 Å². The molecule has 0 radical (unpaired) electrons. The Balaban J connectivity index is 1.76. The fraction of sp³-hybridized carbons (Fsp3) is 0.286. The molecule has 2 aromatic heterocycles. The number of carbonyl (C=O) groups excluding carboxylic acids is 2. The normalized spacial score (nSPS) is 11.7. The molecule has 0 saturated heterocycles. The smallest absolute Gasteiger partial charge is 0.338 e. The van der Waals surface area contributed by atoms with E-state index in [1.54, 1.807) is 30.5 Å². The number of hydrogen-bond acceptors (Lipinski definition) is 7. The first-order chi connectivity index (χ1) is 14.5. The fourth-order valence-electron chi connectivity index (χ4n) is 3.14. The number of aryl methyl sites for hydroxylation is 2.